The normalized spacial score (nSPS) is 29.2. The first-order valence-corrected chi connectivity index (χ1v) is 3.22. The van der Waals surface area contributed by atoms with Crippen molar-refractivity contribution in [1.29, 1.82) is 0 Å². The standard InChI is InChI=1S/C7H12O2/c1-5-3-7(6(2)8)9-4-5/h3,5-6,8H,4H2,1-2H3. The lowest BCUT2D eigenvalue weighted by molar-refractivity contribution is 0.124. The lowest BCUT2D eigenvalue weighted by Crippen LogP contribution is -2.04. The van der Waals surface area contributed by atoms with E-state index in [0.29, 0.717) is 5.92 Å². The molecule has 2 unspecified atom stereocenters. The van der Waals surface area contributed by atoms with Crippen LogP contribution in [0, 0.1) is 5.92 Å². The predicted octanol–water partition coefficient (Wildman–Crippen LogP) is 0.917. The van der Waals surface area contributed by atoms with Crippen LogP contribution in [0.2, 0.25) is 0 Å². The Hall–Kier alpha value is -0.500. The van der Waals surface area contributed by atoms with Crippen LogP contribution in [0.15, 0.2) is 11.8 Å². The lowest BCUT2D eigenvalue weighted by atomic mass is 10.2. The first-order chi connectivity index (χ1) is 4.20. The van der Waals surface area contributed by atoms with Gasteiger partial charge in [0.25, 0.3) is 0 Å². The number of ether oxygens (including phenoxy) is 1. The lowest BCUT2D eigenvalue weighted by Gasteiger charge is -2.04. The van der Waals surface area contributed by atoms with Gasteiger partial charge >= 0.3 is 0 Å². The maximum Gasteiger partial charge on any atom is 0.121 e. The van der Waals surface area contributed by atoms with E-state index in [9.17, 15) is 0 Å². The molecule has 0 aromatic heterocycles. The van der Waals surface area contributed by atoms with Crippen molar-refractivity contribution < 1.29 is 9.84 Å². The molecule has 0 spiro atoms. The van der Waals surface area contributed by atoms with E-state index in [1.54, 1.807) is 6.92 Å². The molecule has 2 atom stereocenters. The monoisotopic (exact) mass is 128 g/mol. The summed E-state index contributed by atoms with van der Waals surface area (Å²) in [6.45, 7) is 4.50. The summed E-state index contributed by atoms with van der Waals surface area (Å²) in [5.74, 6) is 1.19. The summed E-state index contributed by atoms with van der Waals surface area (Å²) in [5.41, 5.74) is 0. The van der Waals surface area contributed by atoms with Crippen molar-refractivity contribution in [3.8, 4) is 0 Å². The van der Waals surface area contributed by atoms with E-state index in [1.807, 2.05) is 6.08 Å². The van der Waals surface area contributed by atoms with Gasteiger partial charge in [-0.1, -0.05) is 6.92 Å². The van der Waals surface area contributed by atoms with Gasteiger partial charge < -0.3 is 9.84 Å². The van der Waals surface area contributed by atoms with Crippen molar-refractivity contribution in [3.05, 3.63) is 11.8 Å². The molecule has 1 heterocycles. The van der Waals surface area contributed by atoms with Crippen LogP contribution in [0.4, 0.5) is 0 Å². The second-order valence-corrected chi connectivity index (χ2v) is 2.53. The Kier molecular flexibility index (Phi) is 1.76. The Labute approximate surface area is 55.1 Å². The smallest absolute Gasteiger partial charge is 0.121 e. The van der Waals surface area contributed by atoms with Crippen LogP contribution in [-0.2, 0) is 4.74 Å². The molecule has 9 heavy (non-hydrogen) atoms. The number of hydrogen-bond donors (Lipinski definition) is 1. The zero-order chi connectivity index (χ0) is 6.85. The van der Waals surface area contributed by atoms with Crippen LogP contribution < -0.4 is 0 Å². The van der Waals surface area contributed by atoms with Gasteiger partial charge in [0.15, 0.2) is 0 Å². The molecule has 0 aliphatic carbocycles. The molecule has 0 radical (unpaired) electrons. The maximum atomic E-state index is 8.98. The largest absolute Gasteiger partial charge is 0.495 e. The minimum Gasteiger partial charge on any atom is -0.495 e. The first kappa shape index (κ1) is 6.62. The molecule has 1 aliphatic heterocycles. The van der Waals surface area contributed by atoms with E-state index < -0.39 is 6.10 Å². The highest BCUT2D eigenvalue weighted by Crippen LogP contribution is 2.17. The molecule has 52 valence electrons. The molecule has 0 aromatic carbocycles. The molecule has 0 aromatic rings. The van der Waals surface area contributed by atoms with Gasteiger partial charge in [-0.15, -0.1) is 0 Å². The van der Waals surface area contributed by atoms with Crippen LogP contribution in [0.25, 0.3) is 0 Å². The fraction of sp³-hybridized carbons (Fsp3) is 0.714. The Morgan fingerprint density at radius 3 is 2.78 bits per heavy atom. The van der Waals surface area contributed by atoms with Gasteiger partial charge in [-0.25, -0.2) is 0 Å². The summed E-state index contributed by atoms with van der Waals surface area (Å²) in [6, 6.07) is 0. The summed E-state index contributed by atoms with van der Waals surface area (Å²) in [6.07, 6.45) is 1.53. The first-order valence-electron chi connectivity index (χ1n) is 3.22. The fourth-order valence-electron chi connectivity index (χ4n) is 0.864. The topological polar surface area (TPSA) is 29.5 Å². The van der Waals surface area contributed by atoms with Gasteiger partial charge in [-0.05, 0) is 13.0 Å². The van der Waals surface area contributed by atoms with Gasteiger partial charge in [0.2, 0.25) is 0 Å². The van der Waals surface area contributed by atoms with E-state index >= 15 is 0 Å². The second-order valence-electron chi connectivity index (χ2n) is 2.53. The number of rotatable bonds is 1. The van der Waals surface area contributed by atoms with Crippen molar-refractivity contribution in [2.24, 2.45) is 5.92 Å². The van der Waals surface area contributed by atoms with Crippen LogP contribution in [0.1, 0.15) is 13.8 Å². The van der Waals surface area contributed by atoms with Gasteiger partial charge in [0.1, 0.15) is 11.9 Å². The molecule has 2 heteroatoms. The average molecular weight is 128 g/mol. The number of aliphatic hydroxyl groups excluding tert-OH is 1. The van der Waals surface area contributed by atoms with Crippen LogP contribution in [0.5, 0.6) is 0 Å². The maximum absolute atomic E-state index is 8.98. The summed E-state index contributed by atoms with van der Waals surface area (Å²) in [7, 11) is 0. The Bertz CT molecular complexity index is 127. The van der Waals surface area contributed by atoms with Gasteiger partial charge in [0, 0.05) is 5.92 Å². The van der Waals surface area contributed by atoms with E-state index in [4.69, 9.17) is 9.84 Å². The third-order valence-corrected chi connectivity index (χ3v) is 1.37. The third kappa shape index (κ3) is 1.45. The molecule has 1 rings (SSSR count). The fourth-order valence-corrected chi connectivity index (χ4v) is 0.864. The highest BCUT2D eigenvalue weighted by atomic mass is 16.5. The zero-order valence-corrected chi connectivity index (χ0v) is 5.79. The van der Waals surface area contributed by atoms with Gasteiger partial charge in [-0.2, -0.15) is 0 Å². The molecule has 1 N–H and O–H groups in total. The molecule has 0 saturated carbocycles. The predicted molar refractivity (Wildman–Crippen MR) is 34.9 cm³/mol. The Morgan fingerprint density at radius 2 is 2.56 bits per heavy atom. The molecule has 0 amide bonds. The molecule has 0 fully saturated rings. The number of aliphatic hydroxyl groups is 1. The van der Waals surface area contributed by atoms with Gasteiger partial charge in [-0.3, -0.25) is 0 Å². The molecule has 0 bridgehead atoms. The van der Waals surface area contributed by atoms with Crippen molar-refractivity contribution in [2.75, 3.05) is 6.61 Å². The third-order valence-electron chi connectivity index (χ3n) is 1.37. The second kappa shape index (κ2) is 2.40. The Balaban J connectivity index is 2.52. The highest BCUT2D eigenvalue weighted by molar-refractivity contribution is 5.05. The van der Waals surface area contributed by atoms with Crippen molar-refractivity contribution >= 4 is 0 Å². The van der Waals surface area contributed by atoms with Crippen LogP contribution in [-0.4, -0.2) is 17.8 Å². The number of hydrogen-bond acceptors (Lipinski definition) is 2. The van der Waals surface area contributed by atoms with Crippen LogP contribution in [0.3, 0.4) is 0 Å². The summed E-state index contributed by atoms with van der Waals surface area (Å²) < 4.78 is 5.14. The van der Waals surface area contributed by atoms with Crippen LogP contribution >= 0.6 is 0 Å². The van der Waals surface area contributed by atoms with E-state index in [2.05, 4.69) is 6.92 Å². The summed E-state index contributed by atoms with van der Waals surface area (Å²) in [5, 5.41) is 8.98. The molecular weight excluding hydrogens is 116 g/mol. The Morgan fingerprint density at radius 1 is 1.89 bits per heavy atom. The minimum absolute atomic E-state index is 0.435. The van der Waals surface area contributed by atoms with E-state index in [0.717, 1.165) is 12.4 Å². The molecule has 1 aliphatic rings. The van der Waals surface area contributed by atoms with Crippen molar-refractivity contribution in [1.82, 2.24) is 0 Å². The van der Waals surface area contributed by atoms with E-state index in [1.165, 1.54) is 0 Å². The summed E-state index contributed by atoms with van der Waals surface area (Å²) in [4.78, 5) is 0. The molecular formula is C7H12O2. The van der Waals surface area contributed by atoms with E-state index in [-0.39, 0.29) is 0 Å². The zero-order valence-electron chi connectivity index (χ0n) is 5.79. The minimum atomic E-state index is -0.435. The average Bonchev–Trinajstić information content (AvgIpc) is 2.14. The molecule has 0 saturated heterocycles. The summed E-state index contributed by atoms with van der Waals surface area (Å²) >= 11 is 0. The van der Waals surface area contributed by atoms with Crippen molar-refractivity contribution in [3.63, 3.8) is 0 Å². The SMILES string of the molecule is CC1C=C(C(C)O)OC1. The van der Waals surface area contributed by atoms with Gasteiger partial charge in [0.05, 0.1) is 6.61 Å². The molecule has 2 nitrogen and oxygen atoms in total. The highest BCUT2D eigenvalue weighted by Gasteiger charge is 2.15. The van der Waals surface area contributed by atoms with Crippen molar-refractivity contribution in [2.45, 2.75) is 20.0 Å². The quantitative estimate of drug-likeness (QED) is 0.569.